The SMILES string of the molecule is C[C@H]1CCCN(Cc2cc(C(F)(F)F)c3cn(-c4cccc(OCc5nncn5C)c4)c(=O)n3c2)C1. The first-order chi connectivity index (χ1) is 17.2. The van der Waals surface area contributed by atoms with Crippen LogP contribution in [-0.4, -0.2) is 41.7 Å². The Labute approximate surface area is 205 Å². The zero-order valence-corrected chi connectivity index (χ0v) is 20.1. The van der Waals surface area contributed by atoms with Gasteiger partial charge in [-0.2, -0.15) is 13.2 Å². The van der Waals surface area contributed by atoms with Crippen molar-refractivity contribution in [1.82, 2.24) is 28.6 Å². The highest BCUT2D eigenvalue weighted by Crippen LogP contribution is 2.34. The standard InChI is InChI=1S/C25H27F3N6O2/c1-17-5-4-8-32(11-17)12-18-9-21(25(26,27)28)22-14-33(24(35)34(22)13-18)19-6-3-7-20(10-19)36-15-23-30-29-16-31(23)2/h3,6-7,9-10,13-14,16-17H,4-5,8,11-12,15H2,1-2H3/t17-/m0/s1. The first kappa shape index (κ1) is 24.1. The lowest BCUT2D eigenvalue weighted by Crippen LogP contribution is -2.34. The molecule has 0 bridgehead atoms. The lowest BCUT2D eigenvalue weighted by Gasteiger charge is -2.31. The molecule has 0 unspecified atom stereocenters. The number of nitrogens with zero attached hydrogens (tertiary/aromatic N) is 6. The van der Waals surface area contributed by atoms with Crippen molar-refractivity contribution in [3.63, 3.8) is 0 Å². The number of likely N-dealkylation sites (tertiary alicyclic amines) is 1. The van der Waals surface area contributed by atoms with E-state index in [4.69, 9.17) is 4.74 Å². The third kappa shape index (κ3) is 4.88. The van der Waals surface area contributed by atoms with Gasteiger partial charge in [-0.1, -0.05) is 13.0 Å². The number of ether oxygens (including phenoxy) is 1. The molecule has 3 aromatic heterocycles. The zero-order chi connectivity index (χ0) is 25.4. The van der Waals surface area contributed by atoms with Gasteiger partial charge in [0.25, 0.3) is 0 Å². The van der Waals surface area contributed by atoms with Crippen LogP contribution in [0.3, 0.4) is 0 Å². The minimum atomic E-state index is -4.60. The molecule has 8 nitrogen and oxygen atoms in total. The third-order valence-electron chi connectivity index (χ3n) is 6.55. The number of aromatic nitrogens is 5. The van der Waals surface area contributed by atoms with E-state index in [0.29, 0.717) is 35.3 Å². The molecule has 1 atom stereocenters. The Hall–Kier alpha value is -3.60. The minimum Gasteiger partial charge on any atom is -0.486 e. The molecule has 4 heterocycles. The van der Waals surface area contributed by atoms with Crippen LogP contribution in [0.5, 0.6) is 5.75 Å². The van der Waals surface area contributed by atoms with Crippen LogP contribution in [-0.2, 0) is 26.4 Å². The summed E-state index contributed by atoms with van der Waals surface area (Å²) < 4.78 is 51.9. The highest BCUT2D eigenvalue weighted by atomic mass is 19.4. The molecule has 1 aliphatic rings. The first-order valence-corrected chi connectivity index (χ1v) is 11.8. The number of halogens is 3. The van der Waals surface area contributed by atoms with Crippen molar-refractivity contribution in [2.24, 2.45) is 13.0 Å². The van der Waals surface area contributed by atoms with Gasteiger partial charge in [-0.25, -0.2) is 4.79 Å². The van der Waals surface area contributed by atoms with Gasteiger partial charge in [0, 0.05) is 38.6 Å². The number of piperidine rings is 1. The number of hydrogen-bond acceptors (Lipinski definition) is 5. The fraction of sp³-hybridized carbons (Fsp3) is 0.400. The molecule has 11 heteroatoms. The molecule has 0 aliphatic carbocycles. The smallest absolute Gasteiger partial charge is 0.418 e. The Morgan fingerprint density at radius 3 is 2.75 bits per heavy atom. The second kappa shape index (κ2) is 9.45. The van der Waals surface area contributed by atoms with E-state index in [1.165, 1.54) is 23.0 Å². The summed E-state index contributed by atoms with van der Waals surface area (Å²) in [5.41, 5.74) is -0.720. The molecule has 1 aliphatic heterocycles. The number of benzene rings is 1. The van der Waals surface area contributed by atoms with Gasteiger partial charge in [0.2, 0.25) is 0 Å². The van der Waals surface area contributed by atoms with Crippen LogP contribution in [0.15, 0.2) is 53.8 Å². The van der Waals surface area contributed by atoms with E-state index in [2.05, 4.69) is 22.0 Å². The Morgan fingerprint density at radius 1 is 1.19 bits per heavy atom. The summed E-state index contributed by atoms with van der Waals surface area (Å²) in [7, 11) is 1.79. The maximum Gasteiger partial charge on any atom is 0.418 e. The number of hydrogen-bond donors (Lipinski definition) is 0. The summed E-state index contributed by atoms with van der Waals surface area (Å²) in [6, 6.07) is 7.82. The molecule has 0 spiro atoms. The van der Waals surface area contributed by atoms with Crippen LogP contribution in [0.2, 0.25) is 0 Å². The van der Waals surface area contributed by atoms with Gasteiger partial charge in [0.15, 0.2) is 5.82 Å². The minimum absolute atomic E-state index is 0.156. The molecule has 0 saturated carbocycles. The molecular formula is C25H27F3N6O2. The van der Waals surface area contributed by atoms with Gasteiger partial charge in [-0.05, 0) is 49.1 Å². The van der Waals surface area contributed by atoms with E-state index in [1.54, 1.807) is 42.2 Å². The summed E-state index contributed by atoms with van der Waals surface area (Å²) in [4.78, 5) is 15.4. The van der Waals surface area contributed by atoms with Gasteiger partial charge in [0.05, 0.1) is 16.8 Å². The largest absolute Gasteiger partial charge is 0.486 e. The van der Waals surface area contributed by atoms with Crippen molar-refractivity contribution in [2.45, 2.75) is 39.1 Å². The number of alkyl halides is 3. The van der Waals surface area contributed by atoms with E-state index in [0.717, 1.165) is 30.3 Å². The van der Waals surface area contributed by atoms with Crippen molar-refractivity contribution in [3.8, 4) is 11.4 Å². The molecule has 0 radical (unpaired) electrons. The first-order valence-electron chi connectivity index (χ1n) is 11.8. The van der Waals surface area contributed by atoms with Gasteiger partial charge in [-0.3, -0.25) is 13.9 Å². The molecule has 1 saturated heterocycles. The molecular weight excluding hydrogens is 473 g/mol. The summed E-state index contributed by atoms with van der Waals surface area (Å²) in [6.07, 6.45) is 1.85. The van der Waals surface area contributed by atoms with Crippen LogP contribution in [0, 0.1) is 5.92 Å². The van der Waals surface area contributed by atoms with Crippen molar-refractivity contribution in [2.75, 3.05) is 13.1 Å². The average Bonchev–Trinajstić information content (AvgIpc) is 3.39. The van der Waals surface area contributed by atoms with E-state index >= 15 is 0 Å². The third-order valence-corrected chi connectivity index (χ3v) is 6.55. The normalized spacial score (nSPS) is 17.1. The number of aryl methyl sites for hydroxylation is 1. The van der Waals surface area contributed by atoms with Gasteiger partial charge >= 0.3 is 11.9 Å². The summed E-state index contributed by atoms with van der Waals surface area (Å²) in [6.45, 7) is 4.33. The number of rotatable bonds is 6. The second-order valence-corrected chi connectivity index (χ2v) is 9.42. The summed E-state index contributed by atoms with van der Waals surface area (Å²) >= 11 is 0. The highest BCUT2D eigenvalue weighted by Gasteiger charge is 2.34. The lowest BCUT2D eigenvalue weighted by molar-refractivity contribution is -0.136. The predicted octanol–water partition coefficient (Wildman–Crippen LogP) is 4.05. The van der Waals surface area contributed by atoms with E-state index < -0.39 is 17.4 Å². The van der Waals surface area contributed by atoms with Crippen molar-refractivity contribution < 1.29 is 17.9 Å². The van der Waals surface area contributed by atoms with Crippen LogP contribution in [0.25, 0.3) is 11.2 Å². The van der Waals surface area contributed by atoms with Gasteiger partial charge in [0.1, 0.15) is 18.7 Å². The summed E-state index contributed by atoms with van der Waals surface area (Å²) in [5.74, 6) is 1.56. The zero-order valence-electron chi connectivity index (χ0n) is 20.1. The molecule has 190 valence electrons. The van der Waals surface area contributed by atoms with Crippen LogP contribution in [0.1, 0.15) is 36.7 Å². The second-order valence-electron chi connectivity index (χ2n) is 9.42. The number of fused-ring (bicyclic) bond motifs is 1. The fourth-order valence-corrected chi connectivity index (χ4v) is 4.74. The number of imidazole rings is 1. The maximum atomic E-state index is 14.0. The van der Waals surface area contributed by atoms with Crippen molar-refractivity contribution >= 4 is 5.52 Å². The van der Waals surface area contributed by atoms with Gasteiger partial charge in [-0.15, -0.1) is 10.2 Å². The predicted molar refractivity (Wildman–Crippen MR) is 127 cm³/mol. The Balaban J connectivity index is 1.50. The summed E-state index contributed by atoms with van der Waals surface area (Å²) in [5, 5.41) is 7.76. The van der Waals surface area contributed by atoms with E-state index in [-0.39, 0.29) is 12.1 Å². The fourth-order valence-electron chi connectivity index (χ4n) is 4.74. The van der Waals surface area contributed by atoms with E-state index in [1.807, 2.05) is 0 Å². The molecule has 4 aromatic rings. The Kier molecular flexibility index (Phi) is 6.33. The quantitative estimate of drug-likeness (QED) is 0.400. The molecule has 5 rings (SSSR count). The van der Waals surface area contributed by atoms with Crippen LogP contribution < -0.4 is 10.4 Å². The number of pyridine rings is 1. The topological polar surface area (TPSA) is 69.6 Å². The highest BCUT2D eigenvalue weighted by molar-refractivity contribution is 5.58. The molecule has 0 N–H and O–H groups in total. The van der Waals surface area contributed by atoms with Gasteiger partial charge < -0.3 is 9.30 Å². The molecule has 1 aromatic carbocycles. The molecule has 0 amide bonds. The van der Waals surface area contributed by atoms with Crippen molar-refractivity contribution in [3.05, 3.63) is 76.5 Å². The Bertz CT molecular complexity index is 1440. The lowest BCUT2D eigenvalue weighted by atomic mass is 10.00. The Morgan fingerprint density at radius 2 is 2.03 bits per heavy atom. The molecule has 1 fully saturated rings. The monoisotopic (exact) mass is 500 g/mol. The van der Waals surface area contributed by atoms with E-state index in [9.17, 15) is 18.0 Å². The maximum absolute atomic E-state index is 14.0. The van der Waals surface area contributed by atoms with Crippen LogP contribution >= 0.6 is 0 Å². The average molecular weight is 501 g/mol. The molecule has 36 heavy (non-hydrogen) atoms. The van der Waals surface area contributed by atoms with Crippen LogP contribution in [0.4, 0.5) is 13.2 Å². The van der Waals surface area contributed by atoms with Crippen molar-refractivity contribution in [1.29, 1.82) is 0 Å².